The molecular formula is C24H24. The SMILES string of the molecule is C=C1C(=C)C(=C)[C@@H]2[C@H](C1=C)C(=C)C(=C)[C@@H]1C(=C)C(=C)C(=C)C(=C)[C@@H]12. The Kier molecular flexibility index (Phi) is 3.35. The molecule has 3 fully saturated rings. The van der Waals surface area contributed by atoms with E-state index in [1.54, 1.807) is 0 Å². The summed E-state index contributed by atoms with van der Waals surface area (Å²) < 4.78 is 0. The second-order valence-corrected chi connectivity index (χ2v) is 7.07. The lowest BCUT2D eigenvalue weighted by Gasteiger charge is -2.54. The van der Waals surface area contributed by atoms with Crippen LogP contribution in [-0.2, 0) is 0 Å². The van der Waals surface area contributed by atoms with Crippen molar-refractivity contribution >= 4 is 0 Å². The van der Waals surface area contributed by atoms with Crippen LogP contribution in [0, 0.1) is 23.7 Å². The summed E-state index contributed by atoms with van der Waals surface area (Å²) >= 11 is 0. The van der Waals surface area contributed by atoms with Crippen LogP contribution >= 0.6 is 0 Å². The monoisotopic (exact) mass is 312 g/mol. The van der Waals surface area contributed by atoms with Crippen molar-refractivity contribution in [3.05, 3.63) is 122 Å². The quantitative estimate of drug-likeness (QED) is 0.510. The molecule has 0 heterocycles. The maximum atomic E-state index is 4.32. The number of allylic oxidation sites excluding steroid dienone is 10. The Hall–Kier alpha value is -2.60. The highest BCUT2D eigenvalue weighted by Gasteiger charge is 2.52. The molecule has 3 aliphatic carbocycles. The highest BCUT2D eigenvalue weighted by atomic mass is 14.5. The molecule has 0 aromatic rings. The molecule has 0 aromatic heterocycles. The van der Waals surface area contributed by atoms with Gasteiger partial charge in [0.05, 0.1) is 0 Å². The molecule has 3 saturated carbocycles. The van der Waals surface area contributed by atoms with E-state index < -0.39 is 0 Å². The molecule has 24 heavy (non-hydrogen) atoms. The van der Waals surface area contributed by atoms with Crippen LogP contribution in [0.3, 0.4) is 0 Å². The van der Waals surface area contributed by atoms with Gasteiger partial charge in [0.15, 0.2) is 0 Å². The molecule has 0 bridgehead atoms. The van der Waals surface area contributed by atoms with E-state index in [1.165, 1.54) is 0 Å². The number of hydrogen-bond donors (Lipinski definition) is 0. The Morgan fingerprint density at radius 2 is 0.583 bits per heavy atom. The second-order valence-electron chi connectivity index (χ2n) is 7.07. The first-order valence-corrected chi connectivity index (χ1v) is 8.02. The smallest absolute Gasteiger partial charge is 0.0161 e. The maximum Gasteiger partial charge on any atom is 0.0161 e. The normalized spacial score (nSPS) is 33.8. The molecule has 0 spiro atoms. The predicted octanol–water partition coefficient (Wildman–Crippen LogP) is 6.05. The van der Waals surface area contributed by atoms with Gasteiger partial charge < -0.3 is 0 Å². The molecule has 0 unspecified atom stereocenters. The largest absolute Gasteiger partial charge is 0.0949 e. The summed E-state index contributed by atoms with van der Waals surface area (Å²) in [4.78, 5) is 0. The predicted molar refractivity (Wildman–Crippen MR) is 105 cm³/mol. The molecular weight excluding hydrogens is 288 g/mol. The lowest BCUT2D eigenvalue weighted by Crippen LogP contribution is -2.45. The van der Waals surface area contributed by atoms with Crippen LogP contribution in [-0.4, -0.2) is 0 Å². The molecule has 0 heteroatoms. The first kappa shape index (κ1) is 16.3. The van der Waals surface area contributed by atoms with Crippen molar-refractivity contribution in [2.45, 2.75) is 0 Å². The van der Waals surface area contributed by atoms with Crippen LogP contribution in [0.25, 0.3) is 0 Å². The average molecular weight is 312 g/mol. The van der Waals surface area contributed by atoms with Crippen molar-refractivity contribution in [2.24, 2.45) is 23.7 Å². The zero-order valence-corrected chi connectivity index (χ0v) is 14.4. The number of rotatable bonds is 0. The van der Waals surface area contributed by atoms with Crippen molar-refractivity contribution in [3.8, 4) is 0 Å². The standard InChI is InChI=1S/C24H24/c1-11-13(3)17(7)23-21(15(11)5)19(9)20(10)22-16(6)12(2)14(4)18(8)24(22)23/h21-24H,1-10H2/t21-,22+,23-,24+. The van der Waals surface area contributed by atoms with Gasteiger partial charge in [-0.2, -0.15) is 0 Å². The number of hydrogen-bond acceptors (Lipinski definition) is 0. The van der Waals surface area contributed by atoms with Crippen molar-refractivity contribution in [1.29, 1.82) is 0 Å². The molecule has 4 atom stereocenters. The van der Waals surface area contributed by atoms with Gasteiger partial charge in [0.25, 0.3) is 0 Å². The Morgan fingerprint density at radius 1 is 0.333 bits per heavy atom. The van der Waals surface area contributed by atoms with Gasteiger partial charge in [-0.05, 0) is 55.7 Å². The Labute approximate surface area is 145 Å². The van der Waals surface area contributed by atoms with E-state index in [0.29, 0.717) is 0 Å². The fourth-order valence-electron chi connectivity index (χ4n) is 4.49. The van der Waals surface area contributed by atoms with Crippen LogP contribution in [0.15, 0.2) is 122 Å². The Morgan fingerprint density at radius 3 is 0.875 bits per heavy atom. The minimum atomic E-state index is 0.0352. The number of fused-ring (bicyclic) bond motifs is 3. The van der Waals surface area contributed by atoms with Crippen molar-refractivity contribution < 1.29 is 0 Å². The third-order valence-electron chi connectivity index (χ3n) is 6.10. The van der Waals surface area contributed by atoms with Crippen LogP contribution in [0.2, 0.25) is 0 Å². The third-order valence-corrected chi connectivity index (χ3v) is 6.10. The van der Waals surface area contributed by atoms with Gasteiger partial charge in [-0.1, -0.05) is 65.8 Å². The van der Waals surface area contributed by atoms with Gasteiger partial charge in [0.1, 0.15) is 0 Å². The van der Waals surface area contributed by atoms with Gasteiger partial charge in [-0.15, -0.1) is 0 Å². The zero-order chi connectivity index (χ0) is 18.1. The van der Waals surface area contributed by atoms with Crippen molar-refractivity contribution in [2.75, 3.05) is 0 Å². The van der Waals surface area contributed by atoms with Crippen molar-refractivity contribution in [1.82, 2.24) is 0 Å². The van der Waals surface area contributed by atoms with E-state index >= 15 is 0 Å². The van der Waals surface area contributed by atoms with Gasteiger partial charge >= 0.3 is 0 Å². The molecule has 0 saturated heterocycles. The first-order chi connectivity index (χ1) is 11.1. The van der Waals surface area contributed by atoms with E-state index in [4.69, 9.17) is 0 Å². The summed E-state index contributed by atoms with van der Waals surface area (Å²) in [5.41, 5.74) is 9.29. The lowest BCUT2D eigenvalue weighted by molar-refractivity contribution is 0.277. The lowest BCUT2D eigenvalue weighted by atomic mass is 9.49. The molecule has 0 nitrogen and oxygen atoms in total. The van der Waals surface area contributed by atoms with E-state index in [0.717, 1.165) is 55.7 Å². The molecule has 0 radical (unpaired) electrons. The molecule has 3 rings (SSSR count). The first-order valence-electron chi connectivity index (χ1n) is 8.02. The van der Waals surface area contributed by atoms with Crippen LogP contribution in [0.1, 0.15) is 0 Å². The summed E-state index contributed by atoms with van der Waals surface area (Å²) in [5, 5.41) is 0. The molecule has 120 valence electrons. The second kappa shape index (κ2) is 4.95. The van der Waals surface area contributed by atoms with Gasteiger partial charge in [0, 0.05) is 23.7 Å². The highest BCUT2D eigenvalue weighted by Crippen LogP contribution is 2.62. The Balaban J connectivity index is 2.25. The van der Waals surface area contributed by atoms with E-state index in [1.807, 2.05) is 0 Å². The summed E-state index contributed by atoms with van der Waals surface area (Å²) in [6, 6.07) is 0. The van der Waals surface area contributed by atoms with Gasteiger partial charge in [-0.3, -0.25) is 0 Å². The minimum absolute atomic E-state index is 0.0352. The third kappa shape index (κ3) is 1.74. The summed E-state index contributed by atoms with van der Waals surface area (Å²) in [6.07, 6.45) is 0. The summed E-state index contributed by atoms with van der Waals surface area (Å²) in [5.74, 6) is 0.251. The molecule has 0 amide bonds. The average Bonchev–Trinajstić information content (AvgIpc) is 2.56. The molecule has 0 aromatic carbocycles. The van der Waals surface area contributed by atoms with Crippen LogP contribution in [0.4, 0.5) is 0 Å². The van der Waals surface area contributed by atoms with Gasteiger partial charge in [-0.25, -0.2) is 0 Å². The molecule has 0 aliphatic heterocycles. The molecule has 3 aliphatic rings. The van der Waals surface area contributed by atoms with Crippen LogP contribution in [0.5, 0.6) is 0 Å². The van der Waals surface area contributed by atoms with E-state index in [2.05, 4.69) is 65.8 Å². The fraction of sp³-hybridized carbons (Fsp3) is 0.167. The van der Waals surface area contributed by atoms with E-state index in [-0.39, 0.29) is 23.7 Å². The van der Waals surface area contributed by atoms with Crippen LogP contribution < -0.4 is 0 Å². The topological polar surface area (TPSA) is 0 Å². The van der Waals surface area contributed by atoms with Gasteiger partial charge in [0.2, 0.25) is 0 Å². The van der Waals surface area contributed by atoms with E-state index in [9.17, 15) is 0 Å². The summed E-state index contributed by atoms with van der Waals surface area (Å²) in [7, 11) is 0. The minimum Gasteiger partial charge on any atom is -0.0949 e. The maximum absolute atomic E-state index is 4.32. The summed E-state index contributed by atoms with van der Waals surface area (Å²) in [6.45, 7) is 42.5. The van der Waals surface area contributed by atoms with Crippen molar-refractivity contribution in [3.63, 3.8) is 0 Å². The Bertz CT molecular complexity index is 772. The zero-order valence-electron chi connectivity index (χ0n) is 14.4. The molecule has 0 N–H and O–H groups in total. The highest BCUT2D eigenvalue weighted by molar-refractivity contribution is 5.68. The fourth-order valence-corrected chi connectivity index (χ4v) is 4.49.